The van der Waals surface area contributed by atoms with Crippen LogP contribution in [0.1, 0.15) is 32.8 Å². The zero-order valence-corrected chi connectivity index (χ0v) is 14.6. The Hall–Kier alpha value is -2.25. The largest absolute Gasteiger partial charge is 0.322 e. The minimum Gasteiger partial charge on any atom is -0.322 e. The number of aromatic amines is 1. The summed E-state index contributed by atoms with van der Waals surface area (Å²) in [5.41, 5.74) is 4.86. The van der Waals surface area contributed by atoms with Crippen molar-refractivity contribution in [3.05, 3.63) is 61.0 Å². The number of nitrogens with one attached hydrogen (secondary N) is 2. The number of hydrogen-bond donors (Lipinski definition) is 2. The van der Waals surface area contributed by atoms with Gasteiger partial charge in [0.2, 0.25) is 4.77 Å². The number of thiophene rings is 1. The van der Waals surface area contributed by atoms with Crippen LogP contribution in [-0.2, 0) is 12.8 Å². The fraction of sp³-hybridized carbons (Fsp3) is 0.235. The van der Waals surface area contributed by atoms with Crippen LogP contribution in [0, 0.1) is 11.7 Å². The summed E-state index contributed by atoms with van der Waals surface area (Å²) in [6.07, 6.45) is 2.98. The van der Waals surface area contributed by atoms with E-state index >= 15 is 0 Å². The van der Waals surface area contributed by atoms with Crippen molar-refractivity contribution >= 4 is 39.7 Å². The lowest BCUT2D eigenvalue weighted by atomic mass is 10.1. The molecule has 0 fully saturated rings. The monoisotopic (exact) mass is 357 g/mol. The van der Waals surface area contributed by atoms with Crippen molar-refractivity contribution < 1.29 is 4.79 Å². The van der Waals surface area contributed by atoms with Gasteiger partial charge >= 0.3 is 0 Å². The van der Waals surface area contributed by atoms with Crippen LogP contribution in [0.2, 0.25) is 0 Å². The molecule has 3 aromatic rings. The number of H-pyrrole nitrogens is 1. The summed E-state index contributed by atoms with van der Waals surface area (Å²) in [6.45, 7) is 1.85. The number of fused-ring (bicyclic) bond motifs is 3. The second kappa shape index (κ2) is 5.68. The Balaban J connectivity index is 1.83. The van der Waals surface area contributed by atoms with E-state index in [0.717, 1.165) is 39.9 Å². The van der Waals surface area contributed by atoms with Crippen LogP contribution in [0.3, 0.4) is 0 Å². The van der Waals surface area contributed by atoms with Gasteiger partial charge in [0.15, 0.2) is 0 Å². The minimum atomic E-state index is -0.346. The van der Waals surface area contributed by atoms with E-state index in [0.29, 0.717) is 10.9 Å². The molecule has 0 spiro atoms. The predicted molar refractivity (Wildman–Crippen MR) is 98.2 cm³/mol. The summed E-state index contributed by atoms with van der Waals surface area (Å²) in [5, 5.41) is 0.659. The Morgan fingerprint density at radius 3 is 2.92 bits per heavy atom. The van der Waals surface area contributed by atoms with E-state index in [1.165, 1.54) is 4.88 Å². The number of carbonyl (C=O) groups excluding carboxylic acids is 1. The van der Waals surface area contributed by atoms with E-state index in [-0.39, 0.29) is 16.2 Å². The van der Waals surface area contributed by atoms with Crippen molar-refractivity contribution in [1.29, 1.82) is 0 Å². The maximum atomic E-state index is 12.9. The molecule has 0 aliphatic heterocycles. The third-order valence-corrected chi connectivity index (χ3v) is 5.86. The third-order valence-electron chi connectivity index (χ3n) is 4.36. The van der Waals surface area contributed by atoms with E-state index < -0.39 is 0 Å². The molecule has 1 aromatic carbocycles. The first-order valence-corrected chi connectivity index (χ1v) is 8.95. The first-order valence-electron chi connectivity index (χ1n) is 7.73. The van der Waals surface area contributed by atoms with Crippen molar-refractivity contribution in [2.24, 2.45) is 0 Å². The van der Waals surface area contributed by atoms with Gasteiger partial charge in [-0.2, -0.15) is 4.68 Å². The highest BCUT2D eigenvalue weighted by atomic mass is 32.1. The number of carbonyl (C=O) groups is 1. The van der Waals surface area contributed by atoms with Crippen LogP contribution >= 0.6 is 23.6 Å². The molecule has 1 amide bonds. The van der Waals surface area contributed by atoms with Crippen molar-refractivity contribution in [1.82, 2.24) is 9.66 Å². The molecule has 2 aromatic heterocycles. The Bertz CT molecular complexity index is 1090. The lowest BCUT2D eigenvalue weighted by molar-refractivity contribution is 0.101. The van der Waals surface area contributed by atoms with Gasteiger partial charge in [-0.15, -0.1) is 11.3 Å². The zero-order chi connectivity index (χ0) is 16.8. The average molecular weight is 357 g/mol. The van der Waals surface area contributed by atoms with Gasteiger partial charge in [-0.3, -0.25) is 15.0 Å². The first-order chi connectivity index (χ1) is 11.6. The molecule has 122 valence electrons. The number of rotatable bonds is 2. The van der Waals surface area contributed by atoms with Gasteiger partial charge < -0.3 is 4.98 Å². The average Bonchev–Trinajstić information content (AvgIpc) is 3.12. The smallest absolute Gasteiger partial charge is 0.282 e. The fourth-order valence-electron chi connectivity index (χ4n) is 3.17. The van der Waals surface area contributed by atoms with E-state index in [9.17, 15) is 9.59 Å². The number of aryl methyl sites for hydroxylation is 3. The van der Waals surface area contributed by atoms with E-state index in [1.54, 1.807) is 23.5 Å². The number of aromatic nitrogens is 2. The standard InChI is InChI=1S/C17H15N3O2S2/c1-9-5-2-3-6-10(9)14(21)19-20-16(22)13-11-7-4-8-12(11)24-15(13)18-17(20)23/h2-3,5-6H,4,7-8H2,1H3,(H,18,23)(H,19,21). The molecule has 5 nitrogen and oxygen atoms in total. The van der Waals surface area contributed by atoms with Crippen molar-refractivity contribution in [2.45, 2.75) is 26.2 Å². The van der Waals surface area contributed by atoms with Gasteiger partial charge in [0, 0.05) is 10.4 Å². The lowest BCUT2D eigenvalue weighted by Gasteiger charge is -2.10. The van der Waals surface area contributed by atoms with Crippen LogP contribution in [0.4, 0.5) is 0 Å². The summed E-state index contributed by atoms with van der Waals surface area (Å²) >= 11 is 6.87. The summed E-state index contributed by atoms with van der Waals surface area (Å²) in [4.78, 5) is 30.5. The van der Waals surface area contributed by atoms with Crippen LogP contribution in [0.5, 0.6) is 0 Å². The maximum Gasteiger partial charge on any atom is 0.282 e. The second-order valence-electron chi connectivity index (χ2n) is 5.89. The molecule has 4 rings (SSSR count). The second-order valence-corrected chi connectivity index (χ2v) is 7.38. The molecule has 1 aliphatic carbocycles. The normalized spacial score (nSPS) is 13.2. The SMILES string of the molecule is Cc1ccccc1C(=O)Nn1c(=S)[nH]c2sc3c(c2c1=O)CCC3. The van der Waals surface area contributed by atoms with Crippen molar-refractivity contribution in [3.63, 3.8) is 0 Å². The first kappa shape index (κ1) is 15.3. The van der Waals surface area contributed by atoms with Gasteiger partial charge in [-0.05, 0) is 55.6 Å². The molecule has 0 radical (unpaired) electrons. The van der Waals surface area contributed by atoms with Gasteiger partial charge in [-0.1, -0.05) is 18.2 Å². The molecule has 2 N–H and O–H groups in total. The van der Waals surface area contributed by atoms with Crippen molar-refractivity contribution in [3.8, 4) is 0 Å². The third kappa shape index (κ3) is 2.32. The highest BCUT2D eigenvalue weighted by molar-refractivity contribution is 7.71. The molecule has 0 unspecified atom stereocenters. The Labute approximate surface area is 146 Å². The van der Waals surface area contributed by atoms with Crippen LogP contribution in [-0.4, -0.2) is 15.6 Å². The van der Waals surface area contributed by atoms with Crippen molar-refractivity contribution in [2.75, 3.05) is 5.43 Å². The van der Waals surface area contributed by atoms with Crippen LogP contribution in [0.15, 0.2) is 29.1 Å². The number of nitrogens with zero attached hydrogens (tertiary/aromatic N) is 1. The minimum absolute atomic E-state index is 0.203. The van der Waals surface area contributed by atoms with E-state index in [4.69, 9.17) is 12.2 Å². The topological polar surface area (TPSA) is 66.9 Å². The summed E-state index contributed by atoms with van der Waals surface area (Å²) in [7, 11) is 0. The summed E-state index contributed by atoms with van der Waals surface area (Å²) in [6, 6.07) is 7.24. The summed E-state index contributed by atoms with van der Waals surface area (Å²) in [5.74, 6) is -0.346. The molecular formula is C17H15N3O2S2. The molecular weight excluding hydrogens is 342 g/mol. The number of hydrogen-bond acceptors (Lipinski definition) is 4. The lowest BCUT2D eigenvalue weighted by Crippen LogP contribution is -2.34. The Morgan fingerprint density at radius 1 is 1.33 bits per heavy atom. The Morgan fingerprint density at radius 2 is 2.12 bits per heavy atom. The molecule has 24 heavy (non-hydrogen) atoms. The molecule has 7 heteroatoms. The van der Waals surface area contributed by atoms with E-state index in [2.05, 4.69) is 10.4 Å². The van der Waals surface area contributed by atoms with Crippen LogP contribution < -0.4 is 11.0 Å². The molecule has 0 atom stereocenters. The molecule has 0 saturated heterocycles. The summed E-state index contributed by atoms with van der Waals surface area (Å²) < 4.78 is 1.35. The van der Waals surface area contributed by atoms with E-state index in [1.807, 2.05) is 19.1 Å². The van der Waals surface area contributed by atoms with Gasteiger partial charge in [0.1, 0.15) is 4.83 Å². The van der Waals surface area contributed by atoms with Crippen LogP contribution in [0.25, 0.3) is 10.2 Å². The predicted octanol–water partition coefficient (Wildman–Crippen LogP) is 3.30. The number of amides is 1. The highest BCUT2D eigenvalue weighted by Gasteiger charge is 2.22. The molecule has 0 saturated carbocycles. The maximum absolute atomic E-state index is 12.9. The molecule has 2 heterocycles. The van der Waals surface area contributed by atoms with Gasteiger partial charge in [0.05, 0.1) is 5.39 Å². The zero-order valence-electron chi connectivity index (χ0n) is 13.0. The van der Waals surface area contributed by atoms with Gasteiger partial charge in [0.25, 0.3) is 11.5 Å². The molecule has 0 bridgehead atoms. The van der Waals surface area contributed by atoms with Gasteiger partial charge in [-0.25, -0.2) is 0 Å². The fourth-order valence-corrected chi connectivity index (χ4v) is 4.74. The number of benzene rings is 1. The molecule has 1 aliphatic rings. The highest BCUT2D eigenvalue weighted by Crippen LogP contribution is 2.34. The Kier molecular flexibility index (Phi) is 3.62. The quantitative estimate of drug-likeness (QED) is 0.692.